The zero-order chi connectivity index (χ0) is 14.0. The second-order valence-corrected chi connectivity index (χ2v) is 6.67. The van der Waals surface area contributed by atoms with Crippen molar-refractivity contribution in [1.29, 1.82) is 0 Å². The fraction of sp³-hybridized carbons (Fsp3) is 0.647. The van der Waals surface area contributed by atoms with E-state index in [1.807, 2.05) is 0 Å². The largest absolute Gasteiger partial charge is 0.396 e. The molecule has 3 rings (SSSR count). The topological polar surface area (TPSA) is 41.5 Å². The van der Waals surface area contributed by atoms with E-state index in [1.165, 1.54) is 24.0 Å². The highest BCUT2D eigenvalue weighted by Crippen LogP contribution is 2.35. The Morgan fingerprint density at radius 1 is 1.40 bits per heavy atom. The number of benzene rings is 1. The van der Waals surface area contributed by atoms with Gasteiger partial charge in [-0.1, -0.05) is 29.8 Å². The molecule has 2 aliphatic rings. The SMILES string of the molecule is Cc1cccc(CC(NCC2(CO)COC2)C2CC2)c1. The second kappa shape index (κ2) is 5.84. The smallest absolute Gasteiger partial charge is 0.0579 e. The van der Waals surface area contributed by atoms with Crippen molar-refractivity contribution in [1.82, 2.24) is 5.32 Å². The molecule has 1 aliphatic heterocycles. The molecule has 0 amide bonds. The molecular weight excluding hydrogens is 250 g/mol. The van der Waals surface area contributed by atoms with Crippen LogP contribution in [-0.2, 0) is 11.2 Å². The number of aliphatic hydroxyl groups is 1. The second-order valence-electron chi connectivity index (χ2n) is 6.67. The predicted octanol–water partition coefficient (Wildman–Crippen LogP) is 1.91. The number of rotatable bonds is 7. The molecule has 1 atom stereocenters. The molecule has 110 valence electrons. The lowest BCUT2D eigenvalue weighted by Gasteiger charge is -2.41. The molecule has 0 bridgehead atoms. The Morgan fingerprint density at radius 2 is 2.20 bits per heavy atom. The molecule has 2 fully saturated rings. The summed E-state index contributed by atoms with van der Waals surface area (Å²) in [6.07, 6.45) is 3.77. The van der Waals surface area contributed by atoms with Crippen molar-refractivity contribution in [2.75, 3.05) is 26.4 Å². The number of aryl methyl sites for hydroxylation is 1. The molecule has 1 saturated carbocycles. The summed E-state index contributed by atoms with van der Waals surface area (Å²) < 4.78 is 5.27. The first-order chi connectivity index (χ1) is 9.71. The van der Waals surface area contributed by atoms with Crippen LogP contribution in [0.15, 0.2) is 24.3 Å². The Hall–Kier alpha value is -0.900. The molecule has 1 unspecified atom stereocenters. The van der Waals surface area contributed by atoms with Crippen molar-refractivity contribution in [2.24, 2.45) is 11.3 Å². The highest BCUT2D eigenvalue weighted by atomic mass is 16.5. The van der Waals surface area contributed by atoms with Crippen LogP contribution in [-0.4, -0.2) is 37.5 Å². The van der Waals surface area contributed by atoms with Crippen LogP contribution in [0.5, 0.6) is 0 Å². The summed E-state index contributed by atoms with van der Waals surface area (Å²) in [6, 6.07) is 9.34. The van der Waals surface area contributed by atoms with Crippen LogP contribution in [0.1, 0.15) is 24.0 Å². The first kappa shape index (κ1) is 14.1. The predicted molar refractivity (Wildman–Crippen MR) is 79.7 cm³/mol. The Labute approximate surface area is 121 Å². The molecule has 3 heteroatoms. The van der Waals surface area contributed by atoms with Crippen molar-refractivity contribution < 1.29 is 9.84 Å². The average molecular weight is 275 g/mol. The van der Waals surface area contributed by atoms with Gasteiger partial charge in [-0.15, -0.1) is 0 Å². The van der Waals surface area contributed by atoms with Crippen LogP contribution >= 0.6 is 0 Å². The lowest BCUT2D eigenvalue weighted by molar-refractivity contribution is -0.135. The summed E-state index contributed by atoms with van der Waals surface area (Å²) in [5, 5.41) is 13.2. The minimum absolute atomic E-state index is 0.0280. The molecule has 0 radical (unpaired) electrons. The van der Waals surface area contributed by atoms with E-state index < -0.39 is 0 Å². The molecular formula is C17H25NO2. The third-order valence-electron chi connectivity index (χ3n) is 4.62. The van der Waals surface area contributed by atoms with E-state index in [9.17, 15) is 5.11 Å². The highest BCUT2D eigenvalue weighted by Gasteiger charge is 2.40. The van der Waals surface area contributed by atoms with E-state index in [1.54, 1.807) is 0 Å². The first-order valence-electron chi connectivity index (χ1n) is 7.68. The van der Waals surface area contributed by atoms with Gasteiger partial charge in [0, 0.05) is 12.6 Å². The number of ether oxygens (including phenoxy) is 1. The molecule has 20 heavy (non-hydrogen) atoms. The molecule has 1 aliphatic carbocycles. The van der Waals surface area contributed by atoms with Gasteiger partial charge in [0.05, 0.1) is 25.2 Å². The first-order valence-corrected chi connectivity index (χ1v) is 7.68. The highest BCUT2D eigenvalue weighted by molar-refractivity contribution is 5.23. The Balaban J connectivity index is 1.58. The summed E-state index contributed by atoms with van der Waals surface area (Å²) in [7, 11) is 0. The third kappa shape index (κ3) is 3.22. The van der Waals surface area contributed by atoms with Crippen LogP contribution in [0.2, 0.25) is 0 Å². The number of aliphatic hydroxyl groups excluding tert-OH is 1. The number of nitrogens with one attached hydrogen (secondary N) is 1. The third-order valence-corrected chi connectivity index (χ3v) is 4.62. The maximum Gasteiger partial charge on any atom is 0.0579 e. The van der Waals surface area contributed by atoms with Crippen molar-refractivity contribution in [2.45, 2.75) is 32.2 Å². The Bertz CT molecular complexity index is 447. The Kier molecular flexibility index (Phi) is 4.11. The van der Waals surface area contributed by atoms with Gasteiger partial charge in [0.15, 0.2) is 0 Å². The van der Waals surface area contributed by atoms with Crippen molar-refractivity contribution in [3.63, 3.8) is 0 Å². The van der Waals surface area contributed by atoms with E-state index in [4.69, 9.17) is 4.74 Å². The van der Waals surface area contributed by atoms with Crippen LogP contribution < -0.4 is 5.32 Å². The lowest BCUT2D eigenvalue weighted by atomic mass is 9.86. The van der Waals surface area contributed by atoms with Crippen molar-refractivity contribution >= 4 is 0 Å². The minimum atomic E-state index is -0.0280. The zero-order valence-corrected chi connectivity index (χ0v) is 12.3. The maximum absolute atomic E-state index is 9.51. The quantitative estimate of drug-likeness (QED) is 0.799. The van der Waals surface area contributed by atoms with Gasteiger partial charge >= 0.3 is 0 Å². The standard InChI is InChI=1S/C17H25NO2/c1-13-3-2-4-14(7-13)8-16(15-5-6-15)18-9-17(10-19)11-20-12-17/h2-4,7,15-16,18-19H,5-6,8-12H2,1H3. The summed E-state index contributed by atoms with van der Waals surface area (Å²) in [6.45, 7) is 4.63. The van der Waals surface area contributed by atoms with Crippen LogP contribution in [0.25, 0.3) is 0 Å². The average Bonchev–Trinajstić information content (AvgIpc) is 3.21. The van der Waals surface area contributed by atoms with E-state index in [-0.39, 0.29) is 12.0 Å². The number of hydrogen-bond acceptors (Lipinski definition) is 3. The van der Waals surface area contributed by atoms with Gasteiger partial charge in [0.2, 0.25) is 0 Å². The van der Waals surface area contributed by atoms with E-state index in [2.05, 4.69) is 36.5 Å². The van der Waals surface area contributed by atoms with Gasteiger partial charge in [-0.25, -0.2) is 0 Å². The molecule has 2 N–H and O–H groups in total. The summed E-state index contributed by atoms with van der Waals surface area (Å²) in [5.41, 5.74) is 2.72. The van der Waals surface area contributed by atoms with Crippen LogP contribution in [0.3, 0.4) is 0 Å². The van der Waals surface area contributed by atoms with Gasteiger partial charge in [0.1, 0.15) is 0 Å². The van der Waals surface area contributed by atoms with Gasteiger partial charge < -0.3 is 15.2 Å². The number of hydrogen-bond donors (Lipinski definition) is 2. The molecule has 1 aromatic rings. The molecule has 1 aromatic carbocycles. The van der Waals surface area contributed by atoms with Crippen LogP contribution in [0.4, 0.5) is 0 Å². The molecule has 3 nitrogen and oxygen atoms in total. The monoisotopic (exact) mass is 275 g/mol. The van der Waals surface area contributed by atoms with Crippen molar-refractivity contribution in [3.8, 4) is 0 Å². The minimum Gasteiger partial charge on any atom is -0.396 e. The molecule has 1 saturated heterocycles. The fourth-order valence-electron chi connectivity index (χ4n) is 2.98. The fourth-order valence-corrected chi connectivity index (χ4v) is 2.98. The van der Waals surface area contributed by atoms with E-state index >= 15 is 0 Å². The van der Waals surface area contributed by atoms with E-state index in [0.29, 0.717) is 19.3 Å². The van der Waals surface area contributed by atoms with Gasteiger partial charge in [-0.3, -0.25) is 0 Å². The Morgan fingerprint density at radius 3 is 2.75 bits per heavy atom. The lowest BCUT2D eigenvalue weighted by Crippen LogP contribution is -2.54. The van der Waals surface area contributed by atoms with Gasteiger partial charge in [0.25, 0.3) is 0 Å². The molecule has 1 heterocycles. The van der Waals surface area contributed by atoms with Gasteiger partial charge in [-0.05, 0) is 37.7 Å². The summed E-state index contributed by atoms with van der Waals surface area (Å²) >= 11 is 0. The van der Waals surface area contributed by atoms with E-state index in [0.717, 1.165) is 18.9 Å². The maximum atomic E-state index is 9.51. The zero-order valence-electron chi connectivity index (χ0n) is 12.3. The molecule has 0 spiro atoms. The van der Waals surface area contributed by atoms with Crippen LogP contribution in [0, 0.1) is 18.3 Å². The normalized spacial score (nSPS) is 22.3. The summed E-state index contributed by atoms with van der Waals surface area (Å²) in [5.74, 6) is 0.812. The summed E-state index contributed by atoms with van der Waals surface area (Å²) in [4.78, 5) is 0. The van der Waals surface area contributed by atoms with Crippen molar-refractivity contribution in [3.05, 3.63) is 35.4 Å². The molecule has 0 aromatic heterocycles. The van der Waals surface area contributed by atoms with Gasteiger partial charge in [-0.2, -0.15) is 0 Å².